The summed E-state index contributed by atoms with van der Waals surface area (Å²) >= 11 is 5.41. The molecule has 0 aromatic heterocycles. The number of ether oxygens (including phenoxy) is 3. The second kappa shape index (κ2) is 7.08. The number of amides is 2. The summed E-state index contributed by atoms with van der Waals surface area (Å²) in [7, 11) is 0. The van der Waals surface area contributed by atoms with Crippen molar-refractivity contribution in [3.05, 3.63) is 35.9 Å². The Hall–Kier alpha value is -1.63. The Labute approximate surface area is 163 Å². The molecule has 1 aromatic carbocycles. The van der Waals surface area contributed by atoms with Crippen molar-refractivity contribution in [1.29, 1.82) is 0 Å². The van der Waals surface area contributed by atoms with E-state index >= 15 is 0 Å². The normalized spacial score (nSPS) is 36.9. The molecule has 5 atom stereocenters. The molecule has 1 aromatic rings. The predicted molar refractivity (Wildman–Crippen MR) is 98.6 cm³/mol. The summed E-state index contributed by atoms with van der Waals surface area (Å²) in [4.78, 5) is 23.1. The minimum absolute atomic E-state index is 0.136. The number of alkyl halides is 1. The van der Waals surface area contributed by atoms with Crippen molar-refractivity contribution >= 4 is 23.6 Å². The van der Waals surface area contributed by atoms with Gasteiger partial charge in [0.15, 0.2) is 0 Å². The van der Waals surface area contributed by atoms with Gasteiger partial charge in [0.1, 0.15) is 12.0 Å². The van der Waals surface area contributed by atoms with Gasteiger partial charge >= 0.3 is 6.09 Å². The van der Waals surface area contributed by atoms with Crippen LogP contribution < -0.4 is 5.32 Å². The van der Waals surface area contributed by atoms with Crippen molar-refractivity contribution in [1.82, 2.24) is 5.32 Å². The van der Waals surface area contributed by atoms with Gasteiger partial charge in [-0.05, 0) is 31.7 Å². The average molecular weight is 394 g/mol. The third-order valence-corrected chi connectivity index (χ3v) is 6.35. The molecule has 2 amide bonds. The van der Waals surface area contributed by atoms with Crippen LogP contribution in [0, 0.1) is 5.92 Å². The first-order valence-corrected chi connectivity index (χ1v) is 9.91. The van der Waals surface area contributed by atoms with Gasteiger partial charge in [0.05, 0.1) is 23.9 Å². The van der Waals surface area contributed by atoms with Crippen LogP contribution >= 0.6 is 11.6 Å². The van der Waals surface area contributed by atoms with Gasteiger partial charge in [0.25, 0.3) is 0 Å². The number of hydrogen-bond donors (Lipinski definition) is 1. The van der Waals surface area contributed by atoms with E-state index in [2.05, 4.69) is 24.4 Å². The summed E-state index contributed by atoms with van der Waals surface area (Å²) < 4.78 is 17.4. The quantitative estimate of drug-likeness (QED) is 0.614. The second-order valence-electron chi connectivity index (χ2n) is 7.87. The molecular formula is C20H24ClNO5. The van der Waals surface area contributed by atoms with E-state index < -0.39 is 12.0 Å². The monoisotopic (exact) mass is 393 g/mol. The minimum atomic E-state index is -0.736. The zero-order valence-corrected chi connectivity index (χ0v) is 16.0. The highest BCUT2D eigenvalue weighted by Gasteiger charge is 2.68. The Morgan fingerprint density at radius 1 is 1.33 bits per heavy atom. The summed E-state index contributed by atoms with van der Waals surface area (Å²) in [6, 6.07) is 10.3. The molecule has 3 aliphatic rings. The van der Waals surface area contributed by atoms with Gasteiger partial charge in [-0.3, -0.25) is 10.1 Å². The van der Waals surface area contributed by atoms with Gasteiger partial charge in [-0.15, -0.1) is 11.6 Å². The topological polar surface area (TPSA) is 80.5 Å². The standard InChI is InChI=1S/C20H24ClNO5/c1-19(16(27-19)9-13-5-3-2-4-6-13)15-10-14(7-8-20(15)12-25-20)26-18(24)22-17(23)11-21/h2-6,14-16H,7-12H2,1H3,(H,22,23,24). The van der Waals surface area contributed by atoms with E-state index in [-0.39, 0.29) is 35.2 Å². The summed E-state index contributed by atoms with van der Waals surface area (Å²) in [5.41, 5.74) is 0.818. The molecule has 1 N–H and O–H groups in total. The van der Waals surface area contributed by atoms with Crippen molar-refractivity contribution in [2.45, 2.75) is 56.0 Å². The molecule has 0 radical (unpaired) electrons. The molecule has 3 fully saturated rings. The minimum Gasteiger partial charge on any atom is -0.446 e. The molecule has 2 heterocycles. The number of rotatable bonds is 5. The van der Waals surface area contributed by atoms with E-state index in [1.165, 1.54) is 5.56 Å². The van der Waals surface area contributed by atoms with E-state index in [0.29, 0.717) is 6.42 Å². The lowest BCUT2D eigenvalue weighted by Gasteiger charge is -2.36. The third-order valence-electron chi connectivity index (χ3n) is 6.11. The summed E-state index contributed by atoms with van der Waals surface area (Å²) in [6.45, 7) is 2.87. The molecule has 7 heteroatoms. The third kappa shape index (κ3) is 3.84. The van der Waals surface area contributed by atoms with Crippen LogP contribution in [0.3, 0.4) is 0 Å². The van der Waals surface area contributed by atoms with Crippen molar-refractivity contribution < 1.29 is 23.8 Å². The first-order valence-electron chi connectivity index (χ1n) is 9.37. The molecule has 146 valence electrons. The van der Waals surface area contributed by atoms with Crippen molar-refractivity contribution in [2.24, 2.45) is 5.92 Å². The van der Waals surface area contributed by atoms with E-state index in [1.807, 2.05) is 18.2 Å². The van der Waals surface area contributed by atoms with Crippen molar-refractivity contribution in [3.63, 3.8) is 0 Å². The lowest BCUT2D eigenvalue weighted by Crippen LogP contribution is -2.46. The molecule has 1 saturated carbocycles. The molecule has 2 aliphatic heterocycles. The summed E-state index contributed by atoms with van der Waals surface area (Å²) in [5.74, 6) is -0.669. The summed E-state index contributed by atoms with van der Waals surface area (Å²) in [6.07, 6.45) is 2.22. The van der Waals surface area contributed by atoms with E-state index in [4.69, 9.17) is 25.8 Å². The highest BCUT2D eigenvalue weighted by atomic mass is 35.5. The Morgan fingerprint density at radius 3 is 2.74 bits per heavy atom. The smallest absolute Gasteiger partial charge is 0.414 e. The van der Waals surface area contributed by atoms with Gasteiger partial charge in [-0.1, -0.05) is 30.3 Å². The van der Waals surface area contributed by atoms with Crippen LogP contribution in [0.2, 0.25) is 0 Å². The number of carbonyl (C=O) groups excluding carboxylic acids is 2. The van der Waals surface area contributed by atoms with Gasteiger partial charge in [-0.2, -0.15) is 0 Å². The highest BCUT2D eigenvalue weighted by Crippen LogP contribution is 2.58. The Bertz CT molecular complexity index is 722. The second-order valence-corrected chi connectivity index (χ2v) is 8.14. The van der Waals surface area contributed by atoms with E-state index in [9.17, 15) is 9.59 Å². The fourth-order valence-corrected chi connectivity index (χ4v) is 4.52. The molecule has 6 nitrogen and oxygen atoms in total. The fraction of sp³-hybridized carbons (Fsp3) is 0.600. The molecule has 5 unspecified atom stereocenters. The van der Waals surface area contributed by atoms with Crippen LogP contribution in [0.1, 0.15) is 31.7 Å². The zero-order chi connectivity index (χ0) is 19.1. The van der Waals surface area contributed by atoms with Crippen LogP contribution in [-0.4, -0.2) is 47.9 Å². The first kappa shape index (κ1) is 18.7. The molecule has 2 saturated heterocycles. The lowest BCUT2D eigenvalue weighted by atomic mass is 9.70. The van der Waals surface area contributed by atoms with Crippen LogP contribution in [-0.2, 0) is 25.4 Å². The molecular weight excluding hydrogens is 370 g/mol. The van der Waals surface area contributed by atoms with E-state index in [0.717, 1.165) is 25.9 Å². The van der Waals surface area contributed by atoms with Crippen LogP contribution in [0.25, 0.3) is 0 Å². The van der Waals surface area contributed by atoms with Gasteiger partial charge in [0, 0.05) is 12.3 Å². The largest absolute Gasteiger partial charge is 0.446 e. The Balaban J connectivity index is 1.39. The zero-order valence-electron chi connectivity index (χ0n) is 15.3. The Morgan fingerprint density at radius 2 is 2.07 bits per heavy atom. The first-order chi connectivity index (χ1) is 12.9. The van der Waals surface area contributed by atoms with Crippen LogP contribution in [0.5, 0.6) is 0 Å². The van der Waals surface area contributed by atoms with Crippen molar-refractivity contribution in [3.8, 4) is 0 Å². The van der Waals surface area contributed by atoms with Crippen LogP contribution in [0.15, 0.2) is 30.3 Å². The maximum absolute atomic E-state index is 11.9. The fourth-order valence-electron chi connectivity index (χ4n) is 4.46. The number of imide groups is 1. The predicted octanol–water partition coefficient (Wildman–Crippen LogP) is 2.82. The molecule has 1 spiro atoms. The number of halogens is 1. The maximum atomic E-state index is 11.9. The molecule has 4 rings (SSSR count). The van der Waals surface area contributed by atoms with Crippen LogP contribution in [0.4, 0.5) is 4.79 Å². The highest BCUT2D eigenvalue weighted by molar-refractivity contribution is 6.28. The number of epoxide rings is 2. The maximum Gasteiger partial charge on any atom is 0.414 e. The number of alkyl carbamates (subject to hydrolysis) is 1. The average Bonchev–Trinajstić information content (AvgIpc) is 3.56. The lowest BCUT2D eigenvalue weighted by molar-refractivity contribution is -0.118. The molecule has 27 heavy (non-hydrogen) atoms. The SMILES string of the molecule is CC1(C2CC(OC(=O)NC(=O)CCl)CCC23CO3)OC1Cc1ccccc1. The number of benzene rings is 1. The van der Waals surface area contributed by atoms with Gasteiger partial charge < -0.3 is 14.2 Å². The number of carbonyl (C=O) groups is 2. The van der Waals surface area contributed by atoms with E-state index in [1.54, 1.807) is 0 Å². The summed E-state index contributed by atoms with van der Waals surface area (Å²) in [5, 5.41) is 2.13. The molecule has 1 aliphatic carbocycles. The van der Waals surface area contributed by atoms with Gasteiger partial charge in [0.2, 0.25) is 5.91 Å². The van der Waals surface area contributed by atoms with Crippen molar-refractivity contribution in [2.75, 3.05) is 12.5 Å². The molecule has 0 bridgehead atoms. The van der Waals surface area contributed by atoms with Gasteiger partial charge in [-0.25, -0.2) is 4.79 Å². The number of hydrogen-bond acceptors (Lipinski definition) is 5. The Kier molecular flexibility index (Phi) is 4.91. The number of nitrogens with one attached hydrogen (secondary N) is 1.